The fourth-order valence-corrected chi connectivity index (χ4v) is 6.15. The minimum absolute atomic E-state index is 0.00601. The fraction of sp³-hybridized carbons (Fsp3) is 0.500. The van der Waals surface area contributed by atoms with Gasteiger partial charge in [0.15, 0.2) is 0 Å². The van der Waals surface area contributed by atoms with E-state index in [1.165, 1.54) is 19.1 Å². The number of carbonyl (C=O) groups excluding carboxylic acids is 1. The van der Waals surface area contributed by atoms with Crippen molar-refractivity contribution in [2.24, 2.45) is 5.92 Å². The first kappa shape index (κ1) is 31.0. The largest absolute Gasteiger partial charge is 0.416 e. The Balaban J connectivity index is 1.33. The molecule has 43 heavy (non-hydrogen) atoms. The molecule has 0 bridgehead atoms. The lowest BCUT2D eigenvalue weighted by Gasteiger charge is -2.42. The molecule has 0 N–H and O–H groups in total. The molecule has 1 aromatic heterocycles. The molecule has 3 aromatic rings. The summed E-state index contributed by atoms with van der Waals surface area (Å²) in [4.78, 5) is 15.3. The van der Waals surface area contributed by atoms with Crippen LogP contribution >= 0.6 is 0 Å². The molecular weight excluding hydrogens is 581 g/mol. The summed E-state index contributed by atoms with van der Waals surface area (Å²) in [6.07, 6.45) is -5.12. The first-order chi connectivity index (χ1) is 20.3. The lowest BCUT2D eigenvalue weighted by molar-refractivity contribution is -0.143. The second-order valence-electron chi connectivity index (χ2n) is 11.3. The Kier molecular flexibility index (Phi) is 8.82. The molecule has 13 heteroatoms. The second-order valence-corrected chi connectivity index (χ2v) is 11.3. The molecule has 1 saturated carbocycles. The zero-order chi connectivity index (χ0) is 30.9. The van der Waals surface area contributed by atoms with Gasteiger partial charge in [-0.2, -0.15) is 26.3 Å². The van der Waals surface area contributed by atoms with Crippen molar-refractivity contribution in [3.05, 3.63) is 83.2 Å². The summed E-state index contributed by atoms with van der Waals surface area (Å²) in [6, 6.07) is 7.30. The molecule has 0 spiro atoms. The minimum Gasteiger partial charge on any atom is -0.370 e. The third-order valence-electron chi connectivity index (χ3n) is 8.52. The zero-order valence-corrected chi connectivity index (χ0v) is 23.3. The Bertz CT molecular complexity index is 1350. The molecule has 1 aliphatic carbocycles. The van der Waals surface area contributed by atoms with E-state index in [-0.39, 0.29) is 36.0 Å². The SMILES string of the molecule is C[C@@H](O[C@H]1CCN(C(=O)C2CCC(n3cnnc3)CC2)C[C@@H]1c1ccc(F)cc1)c1cc(C(F)(F)F)cc(C(F)(F)F)c1. The predicted octanol–water partition coefficient (Wildman–Crippen LogP) is 7.35. The van der Waals surface area contributed by atoms with Crippen molar-refractivity contribution in [2.75, 3.05) is 13.1 Å². The number of amides is 1. The van der Waals surface area contributed by atoms with Crippen LogP contribution in [0.5, 0.6) is 0 Å². The number of hydrogen-bond acceptors (Lipinski definition) is 4. The highest BCUT2D eigenvalue weighted by molar-refractivity contribution is 5.79. The van der Waals surface area contributed by atoms with E-state index in [9.17, 15) is 35.5 Å². The van der Waals surface area contributed by atoms with E-state index in [2.05, 4.69) is 10.2 Å². The van der Waals surface area contributed by atoms with Crippen LogP contribution in [0.3, 0.4) is 0 Å². The van der Waals surface area contributed by atoms with Gasteiger partial charge in [-0.1, -0.05) is 12.1 Å². The van der Waals surface area contributed by atoms with E-state index in [1.54, 1.807) is 29.7 Å². The maximum absolute atomic E-state index is 13.7. The minimum atomic E-state index is -4.98. The maximum atomic E-state index is 13.7. The van der Waals surface area contributed by atoms with E-state index in [1.807, 2.05) is 4.57 Å². The van der Waals surface area contributed by atoms with Gasteiger partial charge in [-0.05, 0) is 80.5 Å². The molecule has 2 aromatic carbocycles. The Morgan fingerprint density at radius 2 is 1.47 bits per heavy atom. The van der Waals surface area contributed by atoms with E-state index in [4.69, 9.17) is 4.74 Å². The maximum Gasteiger partial charge on any atom is 0.416 e. The summed E-state index contributed by atoms with van der Waals surface area (Å²) in [6.45, 7) is 1.95. The van der Waals surface area contributed by atoms with Crippen molar-refractivity contribution in [2.45, 2.75) is 75.5 Å². The Labute approximate surface area is 243 Å². The number of rotatable bonds is 6. The van der Waals surface area contributed by atoms with Crippen LogP contribution in [0, 0.1) is 11.7 Å². The third-order valence-corrected chi connectivity index (χ3v) is 8.52. The summed E-state index contributed by atoms with van der Waals surface area (Å²) < 4.78 is 103. The van der Waals surface area contributed by atoms with Gasteiger partial charge in [-0.3, -0.25) is 4.79 Å². The second kappa shape index (κ2) is 12.3. The standard InChI is InChI=1S/C30H31F7N4O2/c1-18(21-12-22(29(32,33)34)14-23(13-21)30(35,36)37)43-27-10-11-40(15-26(27)19-2-6-24(31)7-3-19)28(42)20-4-8-25(9-5-20)41-16-38-39-17-41/h2-3,6-7,12-14,16-18,20,25-27H,4-5,8-11,15H2,1H3/t18-,20?,25?,26-,27+/m1/s1. The van der Waals surface area contributed by atoms with Crippen LogP contribution in [0.15, 0.2) is 55.1 Å². The van der Waals surface area contributed by atoms with Crippen LogP contribution in [0.25, 0.3) is 0 Å². The van der Waals surface area contributed by atoms with Crippen LogP contribution in [0.2, 0.25) is 0 Å². The highest BCUT2D eigenvalue weighted by Gasteiger charge is 2.40. The summed E-state index contributed by atoms with van der Waals surface area (Å²) in [5.74, 6) is -1.12. The van der Waals surface area contributed by atoms with Crippen molar-refractivity contribution in [3.63, 3.8) is 0 Å². The van der Waals surface area contributed by atoms with Gasteiger partial charge < -0.3 is 14.2 Å². The van der Waals surface area contributed by atoms with Gasteiger partial charge in [0.2, 0.25) is 5.91 Å². The summed E-state index contributed by atoms with van der Waals surface area (Å²) in [5.41, 5.74) is -2.43. The molecule has 2 heterocycles. The Morgan fingerprint density at radius 1 is 0.884 bits per heavy atom. The first-order valence-corrected chi connectivity index (χ1v) is 14.1. The number of alkyl halides is 6. The van der Waals surface area contributed by atoms with Crippen molar-refractivity contribution >= 4 is 5.91 Å². The summed E-state index contributed by atoms with van der Waals surface area (Å²) >= 11 is 0. The van der Waals surface area contributed by atoms with Crippen molar-refractivity contribution in [1.29, 1.82) is 0 Å². The van der Waals surface area contributed by atoms with Gasteiger partial charge in [0.05, 0.1) is 23.3 Å². The van der Waals surface area contributed by atoms with Gasteiger partial charge in [0.1, 0.15) is 18.5 Å². The van der Waals surface area contributed by atoms with E-state index in [0.717, 1.165) is 12.8 Å². The Morgan fingerprint density at radius 3 is 2.02 bits per heavy atom. The highest BCUT2D eigenvalue weighted by Crippen LogP contribution is 2.40. The highest BCUT2D eigenvalue weighted by atomic mass is 19.4. The average molecular weight is 613 g/mol. The molecule has 2 aliphatic rings. The van der Waals surface area contributed by atoms with Crippen LogP contribution < -0.4 is 0 Å². The number of halogens is 7. The molecule has 0 radical (unpaired) electrons. The van der Waals surface area contributed by atoms with Crippen LogP contribution in [-0.2, 0) is 21.9 Å². The number of benzene rings is 2. The average Bonchev–Trinajstić information content (AvgIpc) is 3.52. The van der Waals surface area contributed by atoms with Gasteiger partial charge in [-0.25, -0.2) is 4.39 Å². The molecule has 6 nitrogen and oxygen atoms in total. The number of carbonyl (C=O) groups is 1. The number of hydrogen-bond donors (Lipinski definition) is 0. The molecular formula is C30H31F7N4O2. The molecule has 1 amide bonds. The number of piperidine rings is 1. The molecule has 3 atom stereocenters. The lowest BCUT2D eigenvalue weighted by Crippen LogP contribution is -2.48. The number of likely N-dealkylation sites (tertiary alicyclic amines) is 1. The van der Waals surface area contributed by atoms with Crippen LogP contribution in [0.4, 0.5) is 30.7 Å². The number of nitrogens with zero attached hydrogens (tertiary/aromatic N) is 4. The van der Waals surface area contributed by atoms with Crippen molar-refractivity contribution in [1.82, 2.24) is 19.7 Å². The van der Waals surface area contributed by atoms with Gasteiger partial charge in [-0.15, -0.1) is 10.2 Å². The van der Waals surface area contributed by atoms with Crippen LogP contribution in [-0.4, -0.2) is 44.8 Å². The van der Waals surface area contributed by atoms with Crippen molar-refractivity contribution in [3.8, 4) is 0 Å². The fourth-order valence-electron chi connectivity index (χ4n) is 6.15. The third kappa shape index (κ3) is 7.19. The zero-order valence-electron chi connectivity index (χ0n) is 23.3. The normalized spacial score (nSPS) is 24.1. The Hall–Kier alpha value is -3.48. The first-order valence-electron chi connectivity index (χ1n) is 14.1. The van der Waals surface area contributed by atoms with Gasteiger partial charge in [0, 0.05) is 31.0 Å². The molecule has 0 unspecified atom stereocenters. The van der Waals surface area contributed by atoms with Gasteiger partial charge in [0.25, 0.3) is 0 Å². The molecule has 232 valence electrons. The molecule has 2 fully saturated rings. The number of aromatic nitrogens is 3. The summed E-state index contributed by atoms with van der Waals surface area (Å²) in [7, 11) is 0. The predicted molar refractivity (Wildman–Crippen MR) is 141 cm³/mol. The smallest absolute Gasteiger partial charge is 0.370 e. The van der Waals surface area contributed by atoms with E-state index >= 15 is 0 Å². The van der Waals surface area contributed by atoms with E-state index in [0.29, 0.717) is 43.5 Å². The van der Waals surface area contributed by atoms with E-state index < -0.39 is 47.4 Å². The molecule has 1 aliphatic heterocycles. The topological polar surface area (TPSA) is 60.2 Å². The molecule has 1 saturated heterocycles. The monoisotopic (exact) mass is 612 g/mol. The van der Waals surface area contributed by atoms with Gasteiger partial charge >= 0.3 is 12.4 Å². The number of ether oxygens (including phenoxy) is 1. The molecule has 5 rings (SSSR count). The summed E-state index contributed by atoms with van der Waals surface area (Å²) in [5, 5.41) is 7.69. The van der Waals surface area contributed by atoms with Crippen LogP contribution in [0.1, 0.15) is 79.3 Å². The quantitative estimate of drug-likeness (QED) is 0.273. The van der Waals surface area contributed by atoms with Crippen molar-refractivity contribution < 1.29 is 40.3 Å². The lowest BCUT2D eigenvalue weighted by atomic mass is 9.83.